The number of cyclic esters (lactones) is 1. The first kappa shape index (κ1) is 17.3. The molecule has 3 saturated heterocycles. The minimum Gasteiger partial charge on any atom is -0.465 e. The van der Waals surface area contributed by atoms with Gasteiger partial charge in [0.05, 0.1) is 18.6 Å². The van der Waals surface area contributed by atoms with Crippen molar-refractivity contribution in [3.63, 3.8) is 0 Å². The summed E-state index contributed by atoms with van der Waals surface area (Å²) < 4.78 is 4.94. The molecule has 140 valence electrons. The summed E-state index contributed by atoms with van der Waals surface area (Å²) in [6.07, 6.45) is 3.54. The predicted octanol–water partition coefficient (Wildman–Crippen LogP) is 0.922. The van der Waals surface area contributed by atoms with Crippen LogP contribution in [0.4, 0.5) is 5.82 Å². The smallest absolute Gasteiger partial charge is 0.306 e. The van der Waals surface area contributed by atoms with Crippen LogP contribution in [0.2, 0.25) is 0 Å². The highest BCUT2D eigenvalue weighted by atomic mass is 16.5. The van der Waals surface area contributed by atoms with Crippen molar-refractivity contribution in [1.82, 2.24) is 9.88 Å². The number of hydrogen-bond donors (Lipinski definition) is 1. The maximum Gasteiger partial charge on any atom is 0.306 e. The first-order valence-electron chi connectivity index (χ1n) is 9.26. The van der Waals surface area contributed by atoms with E-state index in [1.165, 1.54) is 0 Å². The van der Waals surface area contributed by atoms with Gasteiger partial charge < -0.3 is 19.6 Å². The largest absolute Gasteiger partial charge is 0.465 e. The number of rotatable bonds is 5. The molecule has 3 fully saturated rings. The summed E-state index contributed by atoms with van der Waals surface area (Å²) in [4.78, 5) is 31.8. The van der Waals surface area contributed by atoms with Crippen molar-refractivity contribution < 1.29 is 19.4 Å². The van der Waals surface area contributed by atoms with Crippen molar-refractivity contribution in [2.75, 3.05) is 37.7 Å². The molecule has 7 heteroatoms. The van der Waals surface area contributed by atoms with E-state index in [9.17, 15) is 14.7 Å². The van der Waals surface area contributed by atoms with Crippen LogP contribution in [-0.2, 0) is 14.3 Å². The van der Waals surface area contributed by atoms with Crippen LogP contribution in [-0.4, -0.2) is 65.3 Å². The number of likely N-dealkylation sites (tertiary alicyclic amines) is 1. The molecule has 4 heterocycles. The predicted molar refractivity (Wildman–Crippen MR) is 94.7 cm³/mol. The summed E-state index contributed by atoms with van der Waals surface area (Å²) in [5.41, 5.74) is 0.549. The summed E-state index contributed by atoms with van der Waals surface area (Å²) in [7, 11) is 0. The van der Waals surface area contributed by atoms with E-state index < -0.39 is 5.60 Å². The Bertz CT molecular complexity index is 689. The number of esters is 1. The van der Waals surface area contributed by atoms with E-state index in [4.69, 9.17) is 4.74 Å². The average molecular weight is 359 g/mol. The zero-order valence-electron chi connectivity index (χ0n) is 15.1. The Labute approximate surface area is 152 Å². The third-order valence-electron chi connectivity index (χ3n) is 5.57. The van der Waals surface area contributed by atoms with Gasteiger partial charge in [-0.05, 0) is 25.0 Å². The average Bonchev–Trinajstić information content (AvgIpc) is 2.95. The van der Waals surface area contributed by atoms with Gasteiger partial charge in [-0.2, -0.15) is 0 Å². The SMILES string of the molecule is CC1(O)CN(c2ccc(C3CN(C(=O)CC[C@@H]4COC(=O)C4)C3)cn2)C1. The molecular formula is C19H25N3O4. The van der Waals surface area contributed by atoms with Crippen LogP contribution in [0, 0.1) is 5.92 Å². The summed E-state index contributed by atoms with van der Waals surface area (Å²) in [6, 6.07) is 4.06. The van der Waals surface area contributed by atoms with Gasteiger partial charge >= 0.3 is 5.97 Å². The molecular weight excluding hydrogens is 334 g/mol. The van der Waals surface area contributed by atoms with Gasteiger partial charge in [0.2, 0.25) is 5.91 Å². The van der Waals surface area contributed by atoms with Crippen molar-refractivity contribution in [3.8, 4) is 0 Å². The number of anilines is 1. The van der Waals surface area contributed by atoms with Crippen LogP contribution in [0.3, 0.4) is 0 Å². The Hall–Kier alpha value is -2.15. The van der Waals surface area contributed by atoms with Crippen LogP contribution in [0.1, 0.15) is 37.7 Å². The number of ether oxygens (including phenoxy) is 1. The normalized spacial score (nSPS) is 24.8. The number of pyridine rings is 1. The monoisotopic (exact) mass is 359 g/mol. The van der Waals surface area contributed by atoms with E-state index >= 15 is 0 Å². The van der Waals surface area contributed by atoms with E-state index in [-0.39, 0.29) is 17.8 Å². The molecule has 0 radical (unpaired) electrons. The summed E-state index contributed by atoms with van der Waals surface area (Å²) in [5, 5.41) is 9.81. The Morgan fingerprint density at radius 2 is 2.15 bits per heavy atom. The first-order chi connectivity index (χ1) is 12.4. The molecule has 0 aliphatic carbocycles. The lowest BCUT2D eigenvalue weighted by Crippen LogP contribution is -2.60. The highest BCUT2D eigenvalue weighted by Crippen LogP contribution is 2.31. The number of aromatic nitrogens is 1. The van der Waals surface area contributed by atoms with E-state index in [1.807, 2.05) is 24.1 Å². The third-order valence-corrected chi connectivity index (χ3v) is 5.57. The Morgan fingerprint density at radius 1 is 1.38 bits per heavy atom. The molecule has 3 aliphatic rings. The fourth-order valence-electron chi connectivity index (χ4n) is 3.89. The van der Waals surface area contributed by atoms with Crippen molar-refractivity contribution >= 4 is 17.7 Å². The minimum absolute atomic E-state index is 0.149. The topological polar surface area (TPSA) is 83.0 Å². The van der Waals surface area contributed by atoms with E-state index in [0.29, 0.717) is 38.5 Å². The zero-order chi connectivity index (χ0) is 18.3. The second-order valence-corrected chi connectivity index (χ2v) is 8.09. The third kappa shape index (κ3) is 3.53. The van der Waals surface area contributed by atoms with Gasteiger partial charge in [0.25, 0.3) is 0 Å². The fourth-order valence-corrected chi connectivity index (χ4v) is 3.89. The molecule has 1 aromatic rings. The minimum atomic E-state index is -0.604. The molecule has 1 aromatic heterocycles. The highest BCUT2D eigenvalue weighted by Gasteiger charge is 2.37. The fraction of sp³-hybridized carbons (Fsp3) is 0.632. The van der Waals surface area contributed by atoms with Crippen molar-refractivity contribution in [1.29, 1.82) is 0 Å². The van der Waals surface area contributed by atoms with Gasteiger partial charge in [0.1, 0.15) is 5.82 Å². The summed E-state index contributed by atoms with van der Waals surface area (Å²) in [6.45, 7) is 4.98. The Balaban J connectivity index is 1.22. The van der Waals surface area contributed by atoms with E-state index in [2.05, 4.69) is 16.0 Å². The second-order valence-electron chi connectivity index (χ2n) is 8.09. The van der Waals surface area contributed by atoms with Gasteiger partial charge in [-0.3, -0.25) is 9.59 Å². The number of amides is 1. The quantitative estimate of drug-likeness (QED) is 0.788. The van der Waals surface area contributed by atoms with E-state index in [0.717, 1.165) is 30.9 Å². The van der Waals surface area contributed by atoms with Crippen LogP contribution in [0.15, 0.2) is 18.3 Å². The standard InChI is InChI=1S/C19H25N3O4/c1-19(25)11-22(12-19)16-4-3-14(7-20-16)15-8-21(9-15)17(23)5-2-13-6-18(24)26-10-13/h3-4,7,13,15,25H,2,5-6,8-12H2,1H3/t13-/m0/s1. The molecule has 0 unspecified atom stereocenters. The molecule has 3 aliphatic heterocycles. The maximum absolute atomic E-state index is 12.2. The zero-order valence-corrected chi connectivity index (χ0v) is 15.1. The molecule has 0 spiro atoms. The van der Waals surface area contributed by atoms with Crippen LogP contribution in [0.25, 0.3) is 0 Å². The lowest BCUT2D eigenvalue weighted by atomic mass is 9.91. The molecule has 0 aromatic carbocycles. The molecule has 0 bridgehead atoms. The molecule has 1 atom stereocenters. The highest BCUT2D eigenvalue weighted by molar-refractivity contribution is 5.77. The number of carbonyl (C=O) groups excluding carboxylic acids is 2. The Kier molecular flexibility index (Phi) is 4.34. The van der Waals surface area contributed by atoms with Gasteiger partial charge in [0.15, 0.2) is 0 Å². The molecule has 1 amide bonds. The number of aliphatic hydroxyl groups is 1. The van der Waals surface area contributed by atoms with E-state index in [1.54, 1.807) is 0 Å². The van der Waals surface area contributed by atoms with Gasteiger partial charge in [-0.1, -0.05) is 6.07 Å². The van der Waals surface area contributed by atoms with Gasteiger partial charge in [0, 0.05) is 50.6 Å². The molecule has 26 heavy (non-hydrogen) atoms. The number of nitrogens with zero attached hydrogens (tertiary/aromatic N) is 3. The number of carbonyl (C=O) groups is 2. The molecule has 1 N–H and O–H groups in total. The summed E-state index contributed by atoms with van der Waals surface area (Å²) >= 11 is 0. The maximum atomic E-state index is 12.2. The molecule has 4 rings (SSSR count). The van der Waals surface area contributed by atoms with Crippen molar-refractivity contribution in [3.05, 3.63) is 23.9 Å². The molecule has 7 nitrogen and oxygen atoms in total. The summed E-state index contributed by atoms with van der Waals surface area (Å²) in [5.74, 6) is 1.44. The first-order valence-corrected chi connectivity index (χ1v) is 9.26. The second kappa shape index (κ2) is 6.54. The Morgan fingerprint density at radius 3 is 2.73 bits per heavy atom. The lowest BCUT2D eigenvalue weighted by molar-refractivity contribution is -0.138. The number of hydrogen-bond acceptors (Lipinski definition) is 6. The van der Waals surface area contributed by atoms with Crippen LogP contribution < -0.4 is 4.90 Å². The van der Waals surface area contributed by atoms with Crippen molar-refractivity contribution in [2.24, 2.45) is 5.92 Å². The van der Waals surface area contributed by atoms with Crippen molar-refractivity contribution in [2.45, 2.75) is 37.7 Å². The lowest BCUT2D eigenvalue weighted by Gasteiger charge is -2.45. The van der Waals surface area contributed by atoms with Crippen LogP contribution >= 0.6 is 0 Å². The van der Waals surface area contributed by atoms with Gasteiger partial charge in [-0.25, -0.2) is 4.98 Å². The van der Waals surface area contributed by atoms with Gasteiger partial charge in [-0.15, -0.1) is 0 Å². The van der Waals surface area contributed by atoms with Crippen LogP contribution in [0.5, 0.6) is 0 Å². The molecule has 0 saturated carbocycles. The number of β-amino-alcohol motifs (C(OH)–C–C–N with tert-alkyl or cyclic N) is 1.